The van der Waals surface area contributed by atoms with E-state index in [1.807, 2.05) is 0 Å². The second kappa shape index (κ2) is 6.35. The molecule has 0 atom stereocenters. The van der Waals surface area contributed by atoms with Gasteiger partial charge in [-0.25, -0.2) is 14.4 Å². The Morgan fingerprint density at radius 3 is 2.59 bits per heavy atom. The highest BCUT2D eigenvalue weighted by Gasteiger charge is 2.60. The Bertz CT molecular complexity index is 994. The van der Waals surface area contributed by atoms with E-state index in [4.69, 9.17) is 11.6 Å². The number of aromatic nitrogens is 2. The first-order valence-corrected chi connectivity index (χ1v) is 9.13. The number of carbonyl (C=O) groups is 3. The lowest BCUT2D eigenvalue weighted by atomic mass is 9.85. The zero-order chi connectivity index (χ0) is 19.3. The monoisotopic (exact) mass is 452 g/mol. The number of halogens is 3. The third-order valence-electron chi connectivity index (χ3n) is 4.63. The molecule has 1 aliphatic carbocycles. The zero-order valence-corrected chi connectivity index (χ0v) is 16.0. The number of nitrogens with zero attached hydrogens (tertiary/aromatic N) is 3. The number of imide groups is 1. The molecule has 7 nitrogen and oxygen atoms in total. The van der Waals surface area contributed by atoms with Crippen molar-refractivity contribution in [3.8, 4) is 0 Å². The van der Waals surface area contributed by atoms with Crippen LogP contribution in [-0.4, -0.2) is 39.1 Å². The van der Waals surface area contributed by atoms with Crippen molar-refractivity contribution in [1.82, 2.24) is 14.9 Å². The van der Waals surface area contributed by atoms with Crippen molar-refractivity contribution >= 4 is 51.2 Å². The average molecular weight is 454 g/mol. The molecule has 27 heavy (non-hydrogen) atoms. The fraction of sp³-hybridized carbons (Fsp3) is 0.235. The van der Waals surface area contributed by atoms with Gasteiger partial charge in [0.15, 0.2) is 0 Å². The molecule has 4 rings (SSSR count). The van der Waals surface area contributed by atoms with Crippen LogP contribution in [0.1, 0.15) is 28.8 Å². The first-order valence-electron chi connectivity index (χ1n) is 7.96. The smallest absolute Gasteiger partial charge is 0.261 e. The summed E-state index contributed by atoms with van der Waals surface area (Å²) in [5.74, 6) is -2.52. The summed E-state index contributed by atoms with van der Waals surface area (Å²) in [4.78, 5) is 46.4. The fourth-order valence-electron chi connectivity index (χ4n) is 3.22. The van der Waals surface area contributed by atoms with Crippen molar-refractivity contribution in [2.45, 2.75) is 18.3 Å². The first-order chi connectivity index (χ1) is 12.8. The molecule has 2 aromatic rings. The first kappa shape index (κ1) is 18.0. The molecule has 1 N–H and O–H groups in total. The predicted octanol–water partition coefficient (Wildman–Crippen LogP) is 2.68. The van der Waals surface area contributed by atoms with E-state index in [0.29, 0.717) is 17.9 Å². The molecule has 0 saturated heterocycles. The van der Waals surface area contributed by atoms with Gasteiger partial charge in [-0.2, -0.15) is 0 Å². The van der Waals surface area contributed by atoms with Crippen molar-refractivity contribution in [1.29, 1.82) is 0 Å². The van der Waals surface area contributed by atoms with Crippen LogP contribution in [0.25, 0.3) is 0 Å². The van der Waals surface area contributed by atoms with Crippen LogP contribution in [0.5, 0.6) is 0 Å². The molecule has 138 valence electrons. The minimum atomic E-state index is -1.08. The molecule has 1 fully saturated rings. The van der Waals surface area contributed by atoms with Crippen LogP contribution < -0.4 is 5.32 Å². The van der Waals surface area contributed by atoms with Gasteiger partial charge >= 0.3 is 0 Å². The fourth-order valence-corrected chi connectivity index (χ4v) is 3.64. The lowest BCUT2D eigenvalue weighted by molar-refractivity contribution is -0.135. The van der Waals surface area contributed by atoms with E-state index in [1.54, 1.807) is 0 Å². The quantitative estimate of drug-likeness (QED) is 0.722. The van der Waals surface area contributed by atoms with Gasteiger partial charge in [-0.1, -0.05) is 11.6 Å². The number of hydrogen-bond donors (Lipinski definition) is 1. The Labute approximate surface area is 166 Å². The standard InChI is InChI=1S/C17H11BrClFN4O3/c18-10-2-1-9-12(13(10)20)17(3-4-17)15(27)24(14(9)26)7-11(25)23-16-21-5-8(19)6-22-16/h1-2,5-6H,3-4,7H2,(H,21,22,23,25). The molecular weight excluding hydrogens is 443 g/mol. The van der Waals surface area contributed by atoms with Gasteiger partial charge in [0.05, 0.1) is 27.3 Å². The number of fused-ring (bicyclic) bond motifs is 2. The molecule has 2 heterocycles. The van der Waals surface area contributed by atoms with E-state index in [1.165, 1.54) is 24.5 Å². The zero-order valence-electron chi connectivity index (χ0n) is 13.6. The van der Waals surface area contributed by atoms with Gasteiger partial charge in [0, 0.05) is 11.1 Å². The van der Waals surface area contributed by atoms with Gasteiger partial charge in [-0.15, -0.1) is 0 Å². The molecular formula is C17H11BrClFN4O3. The minimum Gasteiger partial charge on any atom is -0.293 e. The van der Waals surface area contributed by atoms with E-state index >= 15 is 0 Å². The van der Waals surface area contributed by atoms with Gasteiger partial charge in [-0.05, 0) is 40.9 Å². The van der Waals surface area contributed by atoms with Crippen LogP contribution in [0.15, 0.2) is 29.0 Å². The molecule has 1 spiro atoms. The van der Waals surface area contributed by atoms with Crippen molar-refractivity contribution in [3.63, 3.8) is 0 Å². The summed E-state index contributed by atoms with van der Waals surface area (Å²) < 4.78 is 14.8. The molecule has 1 aromatic heterocycles. The summed E-state index contributed by atoms with van der Waals surface area (Å²) >= 11 is 8.78. The second-order valence-electron chi connectivity index (χ2n) is 6.34. The normalized spacial score (nSPS) is 17.1. The van der Waals surface area contributed by atoms with Crippen LogP contribution in [0.2, 0.25) is 5.02 Å². The Morgan fingerprint density at radius 1 is 1.30 bits per heavy atom. The molecule has 3 amide bonds. The van der Waals surface area contributed by atoms with E-state index in [2.05, 4.69) is 31.2 Å². The van der Waals surface area contributed by atoms with E-state index in [-0.39, 0.29) is 21.5 Å². The Morgan fingerprint density at radius 2 is 1.96 bits per heavy atom. The maximum atomic E-state index is 14.6. The number of nitrogens with one attached hydrogen (secondary N) is 1. The largest absolute Gasteiger partial charge is 0.293 e. The third kappa shape index (κ3) is 2.90. The van der Waals surface area contributed by atoms with Crippen LogP contribution >= 0.6 is 27.5 Å². The highest BCUT2D eigenvalue weighted by atomic mass is 79.9. The molecule has 2 aliphatic rings. The van der Waals surface area contributed by atoms with Crippen molar-refractivity contribution in [2.24, 2.45) is 0 Å². The number of rotatable bonds is 3. The van der Waals surface area contributed by atoms with Crippen LogP contribution in [-0.2, 0) is 15.0 Å². The SMILES string of the molecule is O=C(CN1C(=O)c2ccc(Br)c(F)c2C2(CC2)C1=O)Nc1ncc(Cl)cn1. The summed E-state index contributed by atoms with van der Waals surface area (Å²) in [7, 11) is 0. The van der Waals surface area contributed by atoms with E-state index in [0.717, 1.165) is 4.90 Å². The molecule has 1 aliphatic heterocycles. The molecule has 1 saturated carbocycles. The number of carbonyl (C=O) groups excluding carboxylic acids is 3. The maximum absolute atomic E-state index is 14.6. The topological polar surface area (TPSA) is 92.3 Å². The van der Waals surface area contributed by atoms with Gasteiger partial charge in [-0.3, -0.25) is 24.6 Å². The predicted molar refractivity (Wildman–Crippen MR) is 96.7 cm³/mol. The minimum absolute atomic E-state index is 0.00202. The van der Waals surface area contributed by atoms with Gasteiger partial charge in [0.1, 0.15) is 12.4 Å². The van der Waals surface area contributed by atoms with E-state index in [9.17, 15) is 18.8 Å². The summed E-state index contributed by atoms with van der Waals surface area (Å²) in [5.41, 5.74) is -0.860. The summed E-state index contributed by atoms with van der Waals surface area (Å²) in [5, 5.41) is 2.70. The summed E-state index contributed by atoms with van der Waals surface area (Å²) in [6, 6.07) is 2.88. The lowest BCUT2D eigenvalue weighted by Crippen LogP contribution is -2.51. The highest BCUT2D eigenvalue weighted by Crippen LogP contribution is 2.54. The molecule has 1 aromatic carbocycles. The molecule has 0 radical (unpaired) electrons. The van der Waals surface area contributed by atoms with Crippen molar-refractivity contribution < 1.29 is 18.8 Å². The molecule has 0 bridgehead atoms. The average Bonchev–Trinajstić information content (AvgIpc) is 3.43. The Kier molecular flexibility index (Phi) is 4.23. The highest BCUT2D eigenvalue weighted by molar-refractivity contribution is 9.10. The Hall–Kier alpha value is -2.39. The number of anilines is 1. The molecule has 0 unspecified atom stereocenters. The lowest BCUT2D eigenvalue weighted by Gasteiger charge is -2.32. The van der Waals surface area contributed by atoms with Gasteiger partial charge < -0.3 is 0 Å². The molecule has 10 heteroatoms. The number of hydrogen-bond acceptors (Lipinski definition) is 5. The maximum Gasteiger partial charge on any atom is 0.261 e. The van der Waals surface area contributed by atoms with Crippen molar-refractivity contribution in [2.75, 3.05) is 11.9 Å². The van der Waals surface area contributed by atoms with Crippen molar-refractivity contribution in [3.05, 3.63) is 51.0 Å². The summed E-state index contributed by atoms with van der Waals surface area (Å²) in [6.07, 6.45) is 3.46. The second-order valence-corrected chi connectivity index (χ2v) is 7.63. The van der Waals surface area contributed by atoms with Gasteiger partial charge in [0.2, 0.25) is 17.8 Å². The van der Waals surface area contributed by atoms with Crippen LogP contribution in [0, 0.1) is 5.82 Å². The number of amides is 3. The Balaban J connectivity index is 1.61. The van der Waals surface area contributed by atoms with E-state index < -0.39 is 35.5 Å². The number of benzene rings is 1. The van der Waals surface area contributed by atoms with Crippen LogP contribution in [0.3, 0.4) is 0 Å². The third-order valence-corrected chi connectivity index (χ3v) is 5.43. The van der Waals surface area contributed by atoms with Gasteiger partial charge in [0.25, 0.3) is 5.91 Å². The van der Waals surface area contributed by atoms with Crippen LogP contribution in [0.4, 0.5) is 10.3 Å². The summed E-state index contributed by atoms with van der Waals surface area (Å²) in [6.45, 7) is -0.511.